The third-order valence-electron chi connectivity index (χ3n) is 2.91. The molecule has 0 saturated carbocycles. The van der Waals surface area contributed by atoms with Crippen molar-refractivity contribution in [3.8, 4) is 0 Å². The lowest BCUT2D eigenvalue weighted by Crippen LogP contribution is -1.98. The first kappa shape index (κ1) is 12.6. The summed E-state index contributed by atoms with van der Waals surface area (Å²) in [4.78, 5) is 15.6. The van der Waals surface area contributed by atoms with Crippen LogP contribution in [-0.2, 0) is 0 Å². The van der Waals surface area contributed by atoms with E-state index >= 15 is 0 Å². The zero-order valence-corrected chi connectivity index (χ0v) is 11.3. The lowest BCUT2D eigenvalue weighted by atomic mass is 10.1. The van der Waals surface area contributed by atoms with Crippen molar-refractivity contribution in [3.05, 3.63) is 64.7 Å². The largest absolute Gasteiger partial charge is 0.478 e. The van der Waals surface area contributed by atoms with Crippen LogP contribution in [0.5, 0.6) is 0 Å². The van der Waals surface area contributed by atoms with E-state index in [0.717, 1.165) is 15.2 Å². The van der Waals surface area contributed by atoms with Crippen LogP contribution in [0.15, 0.2) is 48.5 Å². The standard InChI is InChI=1S/C16H11NO2S/c18-16(19)12-6-2-1-5-11(12)9-10-15-17-13-7-3-4-8-14(13)20-15/h1-10H,(H,18,19)/b10-9+. The van der Waals surface area contributed by atoms with Crippen molar-refractivity contribution in [2.45, 2.75) is 0 Å². The second-order valence-electron chi connectivity index (χ2n) is 4.25. The van der Waals surface area contributed by atoms with Crippen molar-refractivity contribution in [1.82, 2.24) is 4.98 Å². The number of carboxylic acid groups (broad SMARTS) is 1. The number of fused-ring (bicyclic) bond motifs is 1. The van der Waals surface area contributed by atoms with Gasteiger partial charge in [-0.05, 0) is 29.8 Å². The molecule has 3 aromatic rings. The van der Waals surface area contributed by atoms with Crippen LogP contribution in [0.2, 0.25) is 0 Å². The Morgan fingerprint density at radius 2 is 1.80 bits per heavy atom. The molecule has 1 N–H and O–H groups in total. The van der Waals surface area contributed by atoms with Gasteiger partial charge < -0.3 is 5.11 Å². The molecule has 1 aromatic heterocycles. The minimum absolute atomic E-state index is 0.296. The van der Waals surface area contributed by atoms with Gasteiger partial charge >= 0.3 is 5.97 Å². The van der Waals surface area contributed by atoms with E-state index in [9.17, 15) is 4.79 Å². The molecule has 0 atom stereocenters. The van der Waals surface area contributed by atoms with E-state index in [1.165, 1.54) is 0 Å². The van der Waals surface area contributed by atoms with Gasteiger partial charge in [0, 0.05) is 0 Å². The first-order valence-electron chi connectivity index (χ1n) is 6.10. The van der Waals surface area contributed by atoms with Crippen molar-refractivity contribution in [1.29, 1.82) is 0 Å². The second-order valence-corrected chi connectivity index (χ2v) is 5.31. The highest BCUT2D eigenvalue weighted by atomic mass is 32.1. The molecule has 0 aliphatic rings. The van der Waals surface area contributed by atoms with Gasteiger partial charge in [0.2, 0.25) is 0 Å². The first-order valence-corrected chi connectivity index (χ1v) is 6.92. The number of carbonyl (C=O) groups is 1. The maximum absolute atomic E-state index is 11.1. The summed E-state index contributed by atoms with van der Waals surface area (Å²) in [7, 11) is 0. The van der Waals surface area contributed by atoms with E-state index in [4.69, 9.17) is 5.11 Å². The Bertz CT molecular complexity index is 772. The molecule has 0 amide bonds. The summed E-state index contributed by atoms with van der Waals surface area (Å²) in [5, 5.41) is 10.00. The van der Waals surface area contributed by atoms with Gasteiger partial charge in [-0.15, -0.1) is 11.3 Å². The Morgan fingerprint density at radius 3 is 2.60 bits per heavy atom. The molecule has 3 rings (SSSR count). The Morgan fingerprint density at radius 1 is 1.05 bits per heavy atom. The summed E-state index contributed by atoms with van der Waals surface area (Å²) < 4.78 is 1.12. The van der Waals surface area contributed by atoms with Crippen LogP contribution in [0.3, 0.4) is 0 Å². The number of carboxylic acids is 1. The minimum Gasteiger partial charge on any atom is -0.478 e. The van der Waals surface area contributed by atoms with Gasteiger partial charge in [-0.3, -0.25) is 0 Å². The Labute approximate surface area is 119 Å². The van der Waals surface area contributed by atoms with Crippen LogP contribution < -0.4 is 0 Å². The van der Waals surface area contributed by atoms with Gasteiger partial charge in [0.05, 0.1) is 15.8 Å². The summed E-state index contributed by atoms with van der Waals surface area (Å²) in [6, 6.07) is 14.9. The maximum Gasteiger partial charge on any atom is 0.336 e. The fourth-order valence-electron chi connectivity index (χ4n) is 1.96. The average Bonchev–Trinajstić information content (AvgIpc) is 2.88. The molecule has 0 radical (unpaired) electrons. The third-order valence-corrected chi connectivity index (χ3v) is 3.91. The molecular weight excluding hydrogens is 270 g/mol. The lowest BCUT2D eigenvalue weighted by molar-refractivity contribution is 0.0696. The zero-order chi connectivity index (χ0) is 13.9. The Hall–Kier alpha value is -2.46. The van der Waals surface area contributed by atoms with Gasteiger partial charge in [-0.1, -0.05) is 36.4 Å². The van der Waals surface area contributed by atoms with E-state index in [1.54, 1.807) is 35.6 Å². The number of hydrogen-bond donors (Lipinski definition) is 1. The summed E-state index contributed by atoms with van der Waals surface area (Å²) in [6.07, 6.45) is 3.65. The van der Waals surface area contributed by atoms with E-state index in [2.05, 4.69) is 4.98 Å². The van der Waals surface area contributed by atoms with Crippen LogP contribution in [0.1, 0.15) is 20.9 Å². The van der Waals surface area contributed by atoms with Crippen molar-refractivity contribution >= 4 is 39.7 Å². The van der Waals surface area contributed by atoms with E-state index < -0.39 is 5.97 Å². The van der Waals surface area contributed by atoms with Gasteiger partial charge in [0.1, 0.15) is 5.01 Å². The van der Waals surface area contributed by atoms with Crippen LogP contribution in [-0.4, -0.2) is 16.1 Å². The summed E-state index contributed by atoms with van der Waals surface area (Å²) in [5.74, 6) is -0.922. The number of thiazole rings is 1. The van der Waals surface area contributed by atoms with Gasteiger partial charge in [0.25, 0.3) is 0 Å². The summed E-state index contributed by atoms with van der Waals surface area (Å²) in [6.45, 7) is 0. The maximum atomic E-state index is 11.1. The van der Waals surface area contributed by atoms with E-state index in [0.29, 0.717) is 11.1 Å². The fraction of sp³-hybridized carbons (Fsp3) is 0. The van der Waals surface area contributed by atoms with Crippen LogP contribution in [0, 0.1) is 0 Å². The Balaban J connectivity index is 1.96. The molecule has 2 aromatic carbocycles. The normalized spacial score (nSPS) is 11.2. The average molecular weight is 281 g/mol. The fourth-order valence-corrected chi connectivity index (χ4v) is 2.83. The number of nitrogens with zero attached hydrogens (tertiary/aromatic N) is 1. The summed E-state index contributed by atoms with van der Waals surface area (Å²) in [5.41, 5.74) is 1.94. The molecule has 0 fully saturated rings. The number of rotatable bonds is 3. The molecule has 3 nitrogen and oxygen atoms in total. The van der Waals surface area contributed by atoms with Crippen molar-refractivity contribution in [3.63, 3.8) is 0 Å². The van der Waals surface area contributed by atoms with Gasteiger partial charge in [-0.2, -0.15) is 0 Å². The smallest absolute Gasteiger partial charge is 0.336 e. The molecule has 4 heteroatoms. The number of para-hydroxylation sites is 1. The number of aromatic nitrogens is 1. The van der Waals surface area contributed by atoms with Gasteiger partial charge in [-0.25, -0.2) is 9.78 Å². The molecule has 20 heavy (non-hydrogen) atoms. The van der Waals surface area contributed by atoms with Crippen LogP contribution in [0.25, 0.3) is 22.4 Å². The number of benzene rings is 2. The van der Waals surface area contributed by atoms with Crippen LogP contribution >= 0.6 is 11.3 Å². The molecule has 98 valence electrons. The minimum atomic E-state index is -0.922. The SMILES string of the molecule is O=C(O)c1ccccc1/C=C/c1nc2ccccc2s1. The highest BCUT2D eigenvalue weighted by Crippen LogP contribution is 2.23. The molecule has 0 aliphatic carbocycles. The molecule has 1 heterocycles. The van der Waals surface area contributed by atoms with Crippen molar-refractivity contribution in [2.75, 3.05) is 0 Å². The third kappa shape index (κ3) is 2.46. The van der Waals surface area contributed by atoms with Crippen molar-refractivity contribution < 1.29 is 9.90 Å². The van der Waals surface area contributed by atoms with Crippen molar-refractivity contribution in [2.24, 2.45) is 0 Å². The second kappa shape index (κ2) is 5.27. The Kier molecular flexibility index (Phi) is 3.31. The molecule has 0 saturated heterocycles. The predicted molar refractivity (Wildman–Crippen MR) is 81.9 cm³/mol. The predicted octanol–water partition coefficient (Wildman–Crippen LogP) is 4.16. The first-order chi connectivity index (χ1) is 9.74. The zero-order valence-electron chi connectivity index (χ0n) is 10.5. The molecular formula is C16H11NO2S. The highest BCUT2D eigenvalue weighted by molar-refractivity contribution is 7.19. The summed E-state index contributed by atoms with van der Waals surface area (Å²) >= 11 is 1.59. The van der Waals surface area contributed by atoms with E-state index in [1.807, 2.05) is 36.4 Å². The highest BCUT2D eigenvalue weighted by Gasteiger charge is 2.06. The van der Waals surface area contributed by atoms with Gasteiger partial charge in [0.15, 0.2) is 0 Å². The molecule has 0 aliphatic heterocycles. The lowest BCUT2D eigenvalue weighted by Gasteiger charge is -1.98. The molecule has 0 unspecified atom stereocenters. The molecule has 0 spiro atoms. The monoisotopic (exact) mass is 281 g/mol. The number of aromatic carboxylic acids is 1. The quantitative estimate of drug-likeness (QED) is 0.784. The van der Waals surface area contributed by atoms with E-state index in [-0.39, 0.29) is 0 Å². The molecule has 0 bridgehead atoms. The number of hydrogen-bond acceptors (Lipinski definition) is 3. The van der Waals surface area contributed by atoms with Crippen LogP contribution in [0.4, 0.5) is 0 Å². The topological polar surface area (TPSA) is 50.2 Å².